The van der Waals surface area contributed by atoms with Gasteiger partial charge in [0.05, 0.1) is 26.5 Å². The zero-order valence-electron chi connectivity index (χ0n) is 16.6. The molecule has 4 N–H and O–H groups in total. The summed E-state index contributed by atoms with van der Waals surface area (Å²) < 4.78 is 15.3. The topological polar surface area (TPSA) is 133 Å². The number of carboxylic acid groups (broad SMARTS) is 1. The third-order valence-electron chi connectivity index (χ3n) is 4.72. The fraction of sp³-hybridized carbons (Fsp3) is 0.100. The van der Waals surface area contributed by atoms with E-state index in [-0.39, 0.29) is 27.2 Å². The van der Waals surface area contributed by atoms with E-state index >= 15 is 0 Å². The first-order valence-electron chi connectivity index (χ1n) is 9.23. The molecule has 0 spiro atoms. The van der Waals surface area contributed by atoms with E-state index in [1.165, 1.54) is 36.7 Å². The molecule has 1 atom stereocenters. The Balaban J connectivity index is 1.69. The Morgan fingerprint density at radius 3 is 2.64 bits per heavy atom. The number of thiophene rings is 2. The zero-order chi connectivity index (χ0) is 23.9. The SMILES string of the molecule is CNc1cc2[nH]c(=O)n(-c3cc(C(=O)NC(C(=O)O)c4ccc(Cl)s4)cs3)c(=O)c2cc1F. The lowest BCUT2D eigenvalue weighted by Gasteiger charge is -2.12. The van der Waals surface area contributed by atoms with Crippen LogP contribution in [0.3, 0.4) is 0 Å². The van der Waals surface area contributed by atoms with Crippen LogP contribution in [0.25, 0.3) is 15.9 Å². The van der Waals surface area contributed by atoms with Crippen molar-refractivity contribution < 1.29 is 19.1 Å². The largest absolute Gasteiger partial charge is 0.479 e. The predicted molar refractivity (Wildman–Crippen MR) is 125 cm³/mol. The molecule has 33 heavy (non-hydrogen) atoms. The van der Waals surface area contributed by atoms with Crippen molar-refractivity contribution in [2.45, 2.75) is 6.04 Å². The lowest BCUT2D eigenvalue weighted by molar-refractivity contribution is -0.139. The second-order valence-corrected chi connectivity index (χ2v) is 9.39. The van der Waals surface area contributed by atoms with E-state index < -0.39 is 35.0 Å². The van der Waals surface area contributed by atoms with Gasteiger partial charge in [-0.2, -0.15) is 0 Å². The number of H-pyrrole nitrogens is 1. The minimum Gasteiger partial charge on any atom is -0.479 e. The van der Waals surface area contributed by atoms with Gasteiger partial charge in [-0.25, -0.2) is 18.5 Å². The van der Waals surface area contributed by atoms with Crippen molar-refractivity contribution in [1.29, 1.82) is 0 Å². The van der Waals surface area contributed by atoms with Gasteiger partial charge in [-0.1, -0.05) is 11.6 Å². The second kappa shape index (κ2) is 8.81. The summed E-state index contributed by atoms with van der Waals surface area (Å²) in [4.78, 5) is 52.6. The van der Waals surface area contributed by atoms with Crippen LogP contribution in [-0.4, -0.2) is 33.6 Å². The van der Waals surface area contributed by atoms with Crippen LogP contribution in [0.5, 0.6) is 0 Å². The van der Waals surface area contributed by atoms with Gasteiger partial charge < -0.3 is 20.7 Å². The Labute approximate surface area is 197 Å². The van der Waals surface area contributed by atoms with Crippen LogP contribution in [-0.2, 0) is 4.79 Å². The number of fused-ring (bicyclic) bond motifs is 1. The monoisotopic (exact) mass is 508 g/mol. The summed E-state index contributed by atoms with van der Waals surface area (Å²) in [5.74, 6) is -2.66. The minimum atomic E-state index is -1.32. The summed E-state index contributed by atoms with van der Waals surface area (Å²) in [7, 11) is 1.50. The van der Waals surface area contributed by atoms with Gasteiger partial charge in [0, 0.05) is 17.3 Å². The van der Waals surface area contributed by atoms with E-state index in [1.54, 1.807) is 0 Å². The Kier molecular flexibility index (Phi) is 6.06. The first-order chi connectivity index (χ1) is 15.7. The molecule has 170 valence electrons. The molecule has 4 aromatic rings. The number of rotatable bonds is 6. The van der Waals surface area contributed by atoms with E-state index in [1.807, 2.05) is 0 Å². The Morgan fingerprint density at radius 2 is 2.00 bits per heavy atom. The maximum Gasteiger partial charge on any atom is 0.334 e. The molecule has 0 aliphatic rings. The number of aromatic nitrogens is 2. The molecule has 0 aliphatic heterocycles. The highest BCUT2D eigenvalue weighted by molar-refractivity contribution is 7.16. The summed E-state index contributed by atoms with van der Waals surface area (Å²) in [6.07, 6.45) is 0. The summed E-state index contributed by atoms with van der Waals surface area (Å²) in [6.45, 7) is 0. The molecule has 3 aromatic heterocycles. The zero-order valence-corrected chi connectivity index (χ0v) is 19.0. The van der Waals surface area contributed by atoms with Crippen molar-refractivity contribution in [3.05, 3.63) is 77.1 Å². The second-order valence-electron chi connectivity index (χ2n) is 6.76. The van der Waals surface area contributed by atoms with Gasteiger partial charge in [-0.3, -0.25) is 9.59 Å². The molecule has 4 rings (SSSR count). The number of hydrogen-bond acceptors (Lipinski definition) is 7. The summed E-state index contributed by atoms with van der Waals surface area (Å²) in [6, 6.07) is 5.30. The summed E-state index contributed by atoms with van der Waals surface area (Å²) in [5, 5.41) is 15.9. The third kappa shape index (κ3) is 4.27. The number of carboxylic acids is 1. The molecule has 0 fully saturated rings. The molecule has 0 bridgehead atoms. The van der Waals surface area contributed by atoms with Crippen LogP contribution in [0.2, 0.25) is 4.34 Å². The smallest absolute Gasteiger partial charge is 0.334 e. The highest BCUT2D eigenvalue weighted by Gasteiger charge is 2.25. The van der Waals surface area contributed by atoms with Crippen LogP contribution in [0.15, 0.2) is 45.3 Å². The number of carbonyl (C=O) groups is 2. The van der Waals surface area contributed by atoms with Gasteiger partial charge in [0.25, 0.3) is 11.5 Å². The number of aromatic amines is 1. The van der Waals surface area contributed by atoms with Gasteiger partial charge in [0.15, 0.2) is 6.04 Å². The number of halogens is 2. The molecule has 13 heteroatoms. The first kappa shape index (κ1) is 22.7. The fourth-order valence-electron chi connectivity index (χ4n) is 3.14. The number of benzene rings is 1. The highest BCUT2D eigenvalue weighted by atomic mass is 35.5. The van der Waals surface area contributed by atoms with E-state index in [2.05, 4.69) is 15.6 Å². The Bertz CT molecular complexity index is 1520. The molecule has 1 aromatic carbocycles. The minimum absolute atomic E-state index is 0.0482. The van der Waals surface area contributed by atoms with E-state index in [9.17, 15) is 28.7 Å². The number of amides is 1. The molecule has 0 saturated carbocycles. The number of nitrogens with one attached hydrogen (secondary N) is 3. The van der Waals surface area contributed by atoms with Crippen LogP contribution in [0.1, 0.15) is 21.3 Å². The standard InChI is InChI=1S/C20H14ClFN4O5S2/c1-23-12-6-11-9(5-10(12)22)18(28)26(20(31)24-11)15-4-8(7-32-15)17(27)25-16(19(29)30)13-2-3-14(21)33-13/h2-7,16,23H,1H3,(H,24,31)(H,25,27)(H,29,30). The van der Waals surface area contributed by atoms with Crippen LogP contribution >= 0.6 is 34.3 Å². The number of nitrogens with zero attached hydrogens (tertiary/aromatic N) is 1. The molecular formula is C20H14ClFN4O5S2. The quantitative estimate of drug-likeness (QED) is 0.316. The average Bonchev–Trinajstić information content (AvgIpc) is 3.41. The van der Waals surface area contributed by atoms with Crippen molar-refractivity contribution in [3.8, 4) is 5.00 Å². The van der Waals surface area contributed by atoms with E-state index in [0.29, 0.717) is 9.21 Å². The van der Waals surface area contributed by atoms with Gasteiger partial charge in [0.1, 0.15) is 10.8 Å². The van der Waals surface area contributed by atoms with Crippen molar-refractivity contribution in [1.82, 2.24) is 14.9 Å². The van der Waals surface area contributed by atoms with Gasteiger partial charge in [0.2, 0.25) is 0 Å². The van der Waals surface area contributed by atoms with Gasteiger partial charge in [-0.05, 0) is 30.3 Å². The van der Waals surface area contributed by atoms with Crippen molar-refractivity contribution in [2.24, 2.45) is 0 Å². The Morgan fingerprint density at radius 1 is 1.24 bits per heavy atom. The molecule has 1 amide bonds. The van der Waals surface area contributed by atoms with E-state index in [0.717, 1.165) is 33.3 Å². The van der Waals surface area contributed by atoms with Gasteiger partial charge in [-0.15, -0.1) is 22.7 Å². The third-order valence-corrected chi connectivity index (χ3v) is 6.93. The molecular weight excluding hydrogens is 495 g/mol. The fourth-order valence-corrected chi connectivity index (χ4v) is 5.14. The lowest BCUT2D eigenvalue weighted by atomic mass is 10.2. The van der Waals surface area contributed by atoms with Gasteiger partial charge >= 0.3 is 11.7 Å². The maximum atomic E-state index is 14.2. The van der Waals surface area contributed by atoms with E-state index in [4.69, 9.17) is 11.6 Å². The maximum absolute atomic E-state index is 14.2. The molecule has 0 saturated heterocycles. The average molecular weight is 509 g/mol. The Hall–Kier alpha value is -3.48. The highest BCUT2D eigenvalue weighted by Crippen LogP contribution is 2.28. The number of anilines is 1. The van der Waals surface area contributed by atoms with Crippen LogP contribution < -0.4 is 21.9 Å². The molecule has 9 nitrogen and oxygen atoms in total. The number of carbonyl (C=O) groups excluding carboxylic acids is 1. The molecule has 0 aliphatic carbocycles. The van der Waals surface area contributed by atoms with Crippen molar-refractivity contribution in [3.63, 3.8) is 0 Å². The number of hydrogen-bond donors (Lipinski definition) is 4. The first-order valence-corrected chi connectivity index (χ1v) is 11.3. The van der Waals surface area contributed by atoms with Crippen LogP contribution in [0, 0.1) is 5.82 Å². The lowest BCUT2D eigenvalue weighted by Crippen LogP contribution is -2.34. The molecule has 1 unspecified atom stereocenters. The summed E-state index contributed by atoms with van der Waals surface area (Å²) in [5.41, 5.74) is -1.22. The molecule has 0 radical (unpaired) electrons. The van der Waals surface area contributed by atoms with Crippen molar-refractivity contribution >= 4 is 62.7 Å². The normalized spacial score (nSPS) is 12.0. The van der Waals surface area contributed by atoms with Crippen molar-refractivity contribution in [2.75, 3.05) is 12.4 Å². The molecule has 3 heterocycles. The predicted octanol–water partition coefficient (Wildman–Crippen LogP) is 3.19. The number of aliphatic carboxylic acids is 1. The summed E-state index contributed by atoms with van der Waals surface area (Å²) >= 11 is 7.80. The van der Waals surface area contributed by atoms with Crippen LogP contribution in [0.4, 0.5) is 10.1 Å².